The topological polar surface area (TPSA) is 121 Å². The molecule has 122 valence electrons. The van der Waals surface area contributed by atoms with Gasteiger partial charge >= 0.3 is 5.69 Å². The highest BCUT2D eigenvalue weighted by Crippen LogP contribution is 2.46. The first-order valence-electron chi connectivity index (χ1n) is 7.07. The average Bonchev–Trinajstić information content (AvgIpc) is 2.88. The van der Waals surface area contributed by atoms with E-state index in [9.17, 15) is 14.4 Å². The number of rotatable bonds is 4. The van der Waals surface area contributed by atoms with E-state index in [4.69, 9.17) is 5.73 Å². The molecule has 1 amide bonds. The van der Waals surface area contributed by atoms with E-state index in [2.05, 4.69) is 32.3 Å². The molecule has 23 heavy (non-hydrogen) atoms. The monoisotopic (exact) mass is 398 g/mol. The quantitative estimate of drug-likeness (QED) is 0.620. The van der Waals surface area contributed by atoms with E-state index in [1.54, 1.807) is 11.3 Å². The number of H-pyrrole nitrogens is 2. The maximum absolute atomic E-state index is 12.3. The summed E-state index contributed by atoms with van der Waals surface area (Å²) in [5.41, 5.74) is 3.49. The molecular formula is C14H15BrN4O3S. The second-order valence-electron chi connectivity index (χ2n) is 5.62. The van der Waals surface area contributed by atoms with Crippen LogP contribution >= 0.6 is 27.3 Å². The number of aromatic amines is 2. The fourth-order valence-corrected chi connectivity index (χ4v) is 4.36. The highest BCUT2D eigenvalue weighted by atomic mass is 79.9. The van der Waals surface area contributed by atoms with Gasteiger partial charge in [-0.3, -0.25) is 14.6 Å². The number of halogens is 1. The third kappa shape index (κ3) is 2.98. The molecule has 0 atom stereocenters. The number of anilines is 1. The average molecular weight is 399 g/mol. The molecule has 7 nitrogen and oxygen atoms in total. The van der Waals surface area contributed by atoms with Crippen molar-refractivity contribution in [1.82, 2.24) is 15.3 Å². The molecule has 1 aliphatic rings. The number of nitrogen functional groups attached to an aromatic ring is 1. The smallest absolute Gasteiger partial charge is 0.326 e. The standard InChI is InChI=1S/C14H15BrN4O3S/c15-8-3-2-7(23-8)14(4-1-5-14)6-17-12(21)10-9(16)11(20)19-13(22)18-10/h2-3H,1,4-6,16H2,(H,17,21)(H2,18,19,20,22). The summed E-state index contributed by atoms with van der Waals surface area (Å²) in [4.78, 5) is 40.5. The molecule has 0 aromatic carbocycles. The lowest BCUT2D eigenvalue weighted by molar-refractivity contribution is 0.0924. The molecule has 0 saturated heterocycles. The molecule has 2 aromatic heterocycles. The molecule has 2 aromatic rings. The molecule has 0 unspecified atom stereocenters. The number of aromatic nitrogens is 2. The Bertz CT molecular complexity index is 865. The maximum Gasteiger partial charge on any atom is 0.326 e. The van der Waals surface area contributed by atoms with Crippen molar-refractivity contribution in [1.29, 1.82) is 0 Å². The molecule has 2 heterocycles. The fourth-order valence-electron chi connectivity index (χ4n) is 2.73. The number of amides is 1. The lowest BCUT2D eigenvalue weighted by atomic mass is 9.67. The Morgan fingerprint density at radius 3 is 2.65 bits per heavy atom. The first-order chi connectivity index (χ1) is 10.9. The molecule has 0 aliphatic heterocycles. The van der Waals surface area contributed by atoms with Crippen molar-refractivity contribution < 1.29 is 4.79 Å². The van der Waals surface area contributed by atoms with Gasteiger partial charge in [0, 0.05) is 16.8 Å². The summed E-state index contributed by atoms with van der Waals surface area (Å²) < 4.78 is 1.05. The second kappa shape index (κ2) is 5.97. The van der Waals surface area contributed by atoms with Crippen LogP contribution in [0.1, 0.15) is 34.6 Å². The van der Waals surface area contributed by atoms with Gasteiger partial charge in [-0.05, 0) is 40.9 Å². The molecular weight excluding hydrogens is 384 g/mol. The second-order valence-corrected chi connectivity index (χ2v) is 8.08. The molecule has 3 rings (SSSR count). The van der Waals surface area contributed by atoms with Crippen LogP contribution in [-0.2, 0) is 5.41 Å². The minimum atomic E-state index is -0.764. The van der Waals surface area contributed by atoms with Crippen LogP contribution < -0.4 is 22.3 Å². The number of carbonyl (C=O) groups excluding carboxylic acids is 1. The Kier molecular flexibility index (Phi) is 4.15. The first-order valence-corrected chi connectivity index (χ1v) is 8.68. The number of hydrogen-bond donors (Lipinski definition) is 4. The van der Waals surface area contributed by atoms with Crippen molar-refractivity contribution in [2.75, 3.05) is 12.3 Å². The largest absolute Gasteiger partial charge is 0.392 e. The van der Waals surface area contributed by atoms with Crippen molar-refractivity contribution >= 4 is 38.9 Å². The zero-order valence-electron chi connectivity index (χ0n) is 12.1. The normalized spacial score (nSPS) is 15.9. The number of carbonyl (C=O) groups is 1. The minimum Gasteiger partial charge on any atom is -0.392 e. The van der Waals surface area contributed by atoms with Crippen LogP contribution in [-0.4, -0.2) is 22.4 Å². The van der Waals surface area contributed by atoms with Gasteiger partial charge in [-0.15, -0.1) is 11.3 Å². The van der Waals surface area contributed by atoms with E-state index < -0.39 is 17.2 Å². The zero-order chi connectivity index (χ0) is 16.6. The first kappa shape index (κ1) is 16.0. The minimum absolute atomic E-state index is 0.0808. The Morgan fingerprint density at radius 1 is 1.35 bits per heavy atom. The molecule has 0 spiro atoms. The van der Waals surface area contributed by atoms with Gasteiger partial charge in [0.05, 0.1) is 3.79 Å². The van der Waals surface area contributed by atoms with Gasteiger partial charge in [0.2, 0.25) is 0 Å². The van der Waals surface area contributed by atoms with Crippen molar-refractivity contribution in [2.24, 2.45) is 0 Å². The number of nitrogens with two attached hydrogens (primary N) is 1. The summed E-state index contributed by atoms with van der Waals surface area (Å²) in [5, 5.41) is 2.79. The summed E-state index contributed by atoms with van der Waals surface area (Å²) in [6.45, 7) is 0.438. The van der Waals surface area contributed by atoms with Gasteiger partial charge in [-0.1, -0.05) is 6.42 Å². The molecule has 9 heteroatoms. The number of thiophene rings is 1. The van der Waals surface area contributed by atoms with Crippen LogP contribution in [0, 0.1) is 0 Å². The maximum atomic E-state index is 12.3. The lowest BCUT2D eigenvalue weighted by Crippen LogP contribution is -2.46. The van der Waals surface area contributed by atoms with Gasteiger partial charge < -0.3 is 16.0 Å². The van der Waals surface area contributed by atoms with E-state index in [-0.39, 0.29) is 16.8 Å². The molecule has 1 aliphatic carbocycles. The van der Waals surface area contributed by atoms with E-state index in [1.807, 2.05) is 11.1 Å². The third-order valence-corrected chi connectivity index (χ3v) is 6.07. The van der Waals surface area contributed by atoms with Crippen LogP contribution in [0.4, 0.5) is 5.69 Å². The van der Waals surface area contributed by atoms with Crippen LogP contribution in [0.15, 0.2) is 25.5 Å². The zero-order valence-corrected chi connectivity index (χ0v) is 14.5. The summed E-state index contributed by atoms with van der Waals surface area (Å²) in [6, 6.07) is 4.05. The van der Waals surface area contributed by atoms with Gasteiger partial charge in [0.25, 0.3) is 11.5 Å². The molecule has 5 N–H and O–H groups in total. The Labute approximate surface area is 143 Å². The molecule has 0 bridgehead atoms. The van der Waals surface area contributed by atoms with Gasteiger partial charge in [0.15, 0.2) is 0 Å². The predicted octanol–water partition coefficient (Wildman–Crippen LogP) is 1.32. The van der Waals surface area contributed by atoms with E-state index in [0.29, 0.717) is 6.54 Å². The van der Waals surface area contributed by atoms with E-state index in [0.717, 1.165) is 23.0 Å². The Morgan fingerprint density at radius 2 is 2.09 bits per heavy atom. The predicted molar refractivity (Wildman–Crippen MR) is 92.0 cm³/mol. The molecule has 1 fully saturated rings. The summed E-state index contributed by atoms with van der Waals surface area (Å²) in [5.74, 6) is -0.549. The Hall–Kier alpha value is -1.87. The summed E-state index contributed by atoms with van der Waals surface area (Å²) >= 11 is 5.11. The third-order valence-electron chi connectivity index (χ3n) is 4.20. The number of hydrogen-bond acceptors (Lipinski definition) is 5. The summed E-state index contributed by atoms with van der Waals surface area (Å²) in [6.07, 6.45) is 3.08. The lowest BCUT2D eigenvalue weighted by Gasteiger charge is -2.41. The van der Waals surface area contributed by atoms with Crippen LogP contribution in [0.25, 0.3) is 0 Å². The van der Waals surface area contributed by atoms with Crippen molar-refractivity contribution in [2.45, 2.75) is 24.7 Å². The van der Waals surface area contributed by atoms with Crippen molar-refractivity contribution in [3.63, 3.8) is 0 Å². The highest BCUT2D eigenvalue weighted by Gasteiger charge is 2.40. The van der Waals surface area contributed by atoms with Crippen LogP contribution in [0.5, 0.6) is 0 Å². The van der Waals surface area contributed by atoms with E-state index in [1.165, 1.54) is 4.88 Å². The SMILES string of the molecule is Nc1c(C(=O)NCC2(c3ccc(Br)s3)CCC2)[nH]c(=O)[nH]c1=O. The van der Waals surface area contributed by atoms with Gasteiger partial charge in [0.1, 0.15) is 11.4 Å². The van der Waals surface area contributed by atoms with E-state index >= 15 is 0 Å². The van der Waals surface area contributed by atoms with Crippen molar-refractivity contribution in [3.05, 3.63) is 47.3 Å². The van der Waals surface area contributed by atoms with Crippen molar-refractivity contribution in [3.8, 4) is 0 Å². The van der Waals surface area contributed by atoms with Gasteiger partial charge in [-0.2, -0.15) is 0 Å². The number of nitrogens with one attached hydrogen (secondary N) is 3. The Balaban J connectivity index is 1.79. The molecule has 0 radical (unpaired) electrons. The fraction of sp³-hybridized carbons (Fsp3) is 0.357. The van der Waals surface area contributed by atoms with Crippen LogP contribution in [0.3, 0.4) is 0 Å². The van der Waals surface area contributed by atoms with Gasteiger partial charge in [-0.25, -0.2) is 4.79 Å². The highest BCUT2D eigenvalue weighted by molar-refractivity contribution is 9.11. The van der Waals surface area contributed by atoms with Crippen LogP contribution in [0.2, 0.25) is 0 Å². The summed E-state index contributed by atoms with van der Waals surface area (Å²) in [7, 11) is 0. The molecule has 1 saturated carbocycles.